The Balaban J connectivity index is 1.39. The van der Waals surface area contributed by atoms with Crippen LogP contribution in [0.15, 0.2) is 170 Å². The van der Waals surface area contributed by atoms with Crippen molar-refractivity contribution in [2.75, 3.05) is 0 Å². The van der Waals surface area contributed by atoms with Crippen molar-refractivity contribution in [2.24, 2.45) is 0 Å². The molecule has 0 aliphatic heterocycles. The number of pyridine rings is 1. The quantitative estimate of drug-likeness (QED) is 0.192. The van der Waals surface area contributed by atoms with E-state index >= 15 is 0 Å². The fourth-order valence-corrected chi connectivity index (χ4v) is 8.26. The molecule has 0 amide bonds. The van der Waals surface area contributed by atoms with Gasteiger partial charge in [-0.2, -0.15) is 0 Å². The summed E-state index contributed by atoms with van der Waals surface area (Å²) in [5.41, 5.74) is 11.3. The van der Waals surface area contributed by atoms with Gasteiger partial charge in [-0.25, -0.2) is 0 Å². The fourth-order valence-electron chi connectivity index (χ4n) is 8.26. The van der Waals surface area contributed by atoms with Crippen LogP contribution in [0.25, 0.3) is 93.4 Å². The Kier molecular flexibility index (Phi) is 5.35. The molecule has 7 aromatic carbocycles. The number of hydrogen-bond donors (Lipinski definition) is 0. The Bertz CT molecular complexity index is 3010. The Morgan fingerprint density at radius 1 is 0.347 bits per heavy atom. The molecule has 4 heterocycles. The second-order valence-electron chi connectivity index (χ2n) is 12.8. The summed E-state index contributed by atoms with van der Waals surface area (Å²) in [4.78, 5) is 4.94. The fraction of sp³-hybridized carbons (Fsp3) is 0. The summed E-state index contributed by atoms with van der Waals surface area (Å²) < 4.78 is 7.35. The number of para-hydroxylation sites is 6. The normalized spacial score (nSPS) is 12.1. The number of aromatic nitrogens is 4. The summed E-state index contributed by atoms with van der Waals surface area (Å²) in [5, 5.41) is 8.49. The molecule has 4 aromatic heterocycles. The molecule has 0 unspecified atom stereocenters. The van der Waals surface area contributed by atoms with Crippen LogP contribution < -0.4 is 0 Å². The van der Waals surface area contributed by atoms with E-state index < -0.39 is 0 Å². The summed E-state index contributed by atoms with van der Waals surface area (Å²) >= 11 is 0. The topological polar surface area (TPSA) is 27.7 Å². The molecule has 0 aliphatic rings. The predicted molar refractivity (Wildman–Crippen MR) is 205 cm³/mol. The molecule has 4 nitrogen and oxygen atoms in total. The molecule has 0 saturated carbocycles. The average molecular weight is 625 g/mol. The van der Waals surface area contributed by atoms with Gasteiger partial charge in [-0.1, -0.05) is 109 Å². The molecule has 228 valence electrons. The number of fused-ring (bicyclic) bond motifs is 10. The lowest BCUT2D eigenvalue weighted by atomic mass is 10.1. The van der Waals surface area contributed by atoms with Gasteiger partial charge in [-0.05, 0) is 54.6 Å². The summed E-state index contributed by atoms with van der Waals surface area (Å²) in [5.74, 6) is 0. The number of nitrogens with zero attached hydrogens (tertiary/aromatic N) is 4. The Morgan fingerprint density at radius 3 is 1.39 bits per heavy atom. The second-order valence-corrected chi connectivity index (χ2v) is 12.8. The van der Waals surface area contributed by atoms with E-state index in [4.69, 9.17) is 4.98 Å². The highest BCUT2D eigenvalue weighted by atomic mass is 15.1. The molecule has 0 bridgehead atoms. The van der Waals surface area contributed by atoms with Crippen molar-refractivity contribution >= 4 is 76.3 Å². The van der Waals surface area contributed by atoms with Crippen LogP contribution in [-0.2, 0) is 0 Å². The number of hydrogen-bond acceptors (Lipinski definition) is 1. The Labute approximate surface area is 281 Å². The van der Waals surface area contributed by atoms with Gasteiger partial charge in [0, 0.05) is 49.6 Å². The van der Waals surface area contributed by atoms with Crippen molar-refractivity contribution < 1.29 is 0 Å². The molecule has 11 aromatic rings. The Morgan fingerprint density at radius 2 is 0.816 bits per heavy atom. The van der Waals surface area contributed by atoms with Crippen LogP contribution in [0.5, 0.6) is 0 Å². The maximum atomic E-state index is 4.94. The summed E-state index contributed by atoms with van der Waals surface area (Å²) in [6.07, 6.45) is 1.90. The van der Waals surface area contributed by atoms with E-state index in [1.165, 1.54) is 54.4 Å². The molecular formula is C45H28N4. The highest BCUT2D eigenvalue weighted by Crippen LogP contribution is 2.43. The minimum atomic E-state index is 0.979. The van der Waals surface area contributed by atoms with Crippen molar-refractivity contribution in [3.8, 4) is 17.1 Å². The van der Waals surface area contributed by atoms with Gasteiger partial charge in [0.05, 0.1) is 50.0 Å². The van der Waals surface area contributed by atoms with Gasteiger partial charge >= 0.3 is 0 Å². The van der Waals surface area contributed by atoms with E-state index in [0.29, 0.717) is 0 Å². The zero-order valence-electron chi connectivity index (χ0n) is 26.5. The molecule has 0 aliphatic carbocycles. The Hall–Kier alpha value is -6.65. The molecule has 49 heavy (non-hydrogen) atoms. The first-order chi connectivity index (χ1) is 24.3. The zero-order valence-corrected chi connectivity index (χ0v) is 26.5. The number of benzene rings is 7. The van der Waals surface area contributed by atoms with E-state index in [9.17, 15) is 0 Å². The lowest BCUT2D eigenvalue weighted by molar-refractivity contribution is 1.11. The molecular weight excluding hydrogens is 597 g/mol. The van der Waals surface area contributed by atoms with E-state index in [1.807, 2.05) is 12.3 Å². The van der Waals surface area contributed by atoms with Crippen LogP contribution >= 0.6 is 0 Å². The zero-order chi connectivity index (χ0) is 32.1. The van der Waals surface area contributed by atoms with Crippen molar-refractivity contribution in [3.05, 3.63) is 170 Å². The standard InChI is InChI=1S/C45H28N4/c1-6-20-37-31(15-1)32-16-2-7-21-38(32)47(37)30-27-36-35-19-5-10-24-41(35)49(42-25-11-13-29-14-12-26-46-44(29)42)45(36)43(28-30)48-39-22-8-3-17-33(39)34-18-4-9-23-40(34)48/h1-28H. The number of rotatable bonds is 3. The lowest BCUT2D eigenvalue weighted by Crippen LogP contribution is -2.04. The maximum Gasteiger partial charge on any atom is 0.0942 e. The third kappa shape index (κ3) is 3.60. The minimum Gasteiger partial charge on any atom is -0.309 e. The van der Waals surface area contributed by atoms with Gasteiger partial charge in [-0.15, -0.1) is 0 Å². The molecule has 0 N–H and O–H groups in total. The van der Waals surface area contributed by atoms with E-state index in [-0.39, 0.29) is 0 Å². The van der Waals surface area contributed by atoms with E-state index in [0.717, 1.165) is 39.0 Å². The van der Waals surface area contributed by atoms with Gasteiger partial charge in [-0.3, -0.25) is 4.98 Å². The van der Waals surface area contributed by atoms with Gasteiger partial charge in [0.2, 0.25) is 0 Å². The largest absolute Gasteiger partial charge is 0.309 e. The third-order valence-corrected chi connectivity index (χ3v) is 10.2. The maximum absolute atomic E-state index is 4.94. The van der Waals surface area contributed by atoms with Gasteiger partial charge in [0.25, 0.3) is 0 Å². The second kappa shape index (κ2) is 9.93. The minimum absolute atomic E-state index is 0.979. The van der Waals surface area contributed by atoms with Gasteiger partial charge in [0.15, 0.2) is 0 Å². The van der Waals surface area contributed by atoms with Crippen LogP contribution in [0.2, 0.25) is 0 Å². The lowest BCUT2D eigenvalue weighted by Gasteiger charge is -2.18. The van der Waals surface area contributed by atoms with Crippen LogP contribution in [0.4, 0.5) is 0 Å². The first-order valence-electron chi connectivity index (χ1n) is 16.7. The van der Waals surface area contributed by atoms with Crippen LogP contribution in [0.1, 0.15) is 0 Å². The van der Waals surface area contributed by atoms with Gasteiger partial charge < -0.3 is 13.7 Å². The average Bonchev–Trinajstić information content (AvgIpc) is 3.80. The highest BCUT2D eigenvalue weighted by Gasteiger charge is 2.23. The smallest absolute Gasteiger partial charge is 0.0942 e. The summed E-state index contributed by atoms with van der Waals surface area (Å²) in [6, 6.07) is 59.3. The molecule has 0 spiro atoms. The molecule has 0 radical (unpaired) electrons. The van der Waals surface area contributed by atoms with Crippen LogP contribution in [0.3, 0.4) is 0 Å². The summed E-state index contributed by atoms with van der Waals surface area (Å²) in [7, 11) is 0. The first-order valence-corrected chi connectivity index (χ1v) is 16.7. The van der Waals surface area contributed by atoms with E-state index in [1.54, 1.807) is 0 Å². The molecule has 11 rings (SSSR count). The highest BCUT2D eigenvalue weighted by molar-refractivity contribution is 6.17. The summed E-state index contributed by atoms with van der Waals surface area (Å²) in [6.45, 7) is 0. The van der Waals surface area contributed by atoms with E-state index in [2.05, 4.69) is 171 Å². The predicted octanol–water partition coefficient (Wildman–Crippen LogP) is 11.5. The molecule has 4 heteroatoms. The molecule has 0 atom stereocenters. The SMILES string of the molecule is c1cnc2c(-n3c4ccccc4c4cc(-n5c6ccccc6c6ccccc65)cc(-n5c6ccccc6c6ccccc65)c43)cccc2c1. The molecule has 0 fully saturated rings. The monoisotopic (exact) mass is 624 g/mol. The first kappa shape index (κ1) is 26.4. The van der Waals surface area contributed by atoms with Gasteiger partial charge in [0.1, 0.15) is 0 Å². The third-order valence-electron chi connectivity index (χ3n) is 10.2. The van der Waals surface area contributed by atoms with Crippen molar-refractivity contribution in [2.45, 2.75) is 0 Å². The van der Waals surface area contributed by atoms with Crippen molar-refractivity contribution in [1.29, 1.82) is 0 Å². The van der Waals surface area contributed by atoms with Crippen LogP contribution in [-0.4, -0.2) is 18.7 Å². The van der Waals surface area contributed by atoms with Crippen LogP contribution in [0, 0.1) is 0 Å². The van der Waals surface area contributed by atoms with Crippen molar-refractivity contribution in [1.82, 2.24) is 18.7 Å². The van der Waals surface area contributed by atoms with Crippen molar-refractivity contribution in [3.63, 3.8) is 0 Å². The molecule has 0 saturated heterocycles.